The van der Waals surface area contributed by atoms with E-state index in [1.165, 1.54) is 0 Å². The lowest BCUT2D eigenvalue weighted by Crippen LogP contribution is -2.35. The second-order valence-electron chi connectivity index (χ2n) is 8.01. The summed E-state index contributed by atoms with van der Waals surface area (Å²) < 4.78 is 5.17. The first-order valence-corrected chi connectivity index (χ1v) is 10.1. The molecule has 2 aromatic carbocycles. The number of hydrogen-bond donors (Lipinski definition) is 1. The standard InChI is InChI=1S/C24H29N3O4/c1-25(2)14-15-27-21(16-6-10-18(11-7-16)26(3)4)20(23(29)24(27)30)22(28)17-8-12-19(31-5)13-9-17/h6-13,21,28H,14-15H2,1-5H3/t21-/m0/s1. The highest BCUT2D eigenvalue weighted by Crippen LogP contribution is 2.39. The third-order valence-electron chi connectivity index (χ3n) is 5.42. The van der Waals surface area contributed by atoms with Gasteiger partial charge in [0.2, 0.25) is 0 Å². The zero-order valence-electron chi connectivity index (χ0n) is 18.6. The fourth-order valence-corrected chi connectivity index (χ4v) is 3.62. The molecule has 1 aliphatic heterocycles. The largest absolute Gasteiger partial charge is 0.507 e. The summed E-state index contributed by atoms with van der Waals surface area (Å²) in [6, 6.07) is 13.8. The molecule has 0 unspecified atom stereocenters. The molecule has 0 saturated carbocycles. The molecule has 0 aliphatic carbocycles. The van der Waals surface area contributed by atoms with Crippen molar-refractivity contribution in [2.75, 3.05) is 53.3 Å². The highest BCUT2D eigenvalue weighted by Gasteiger charge is 2.45. The van der Waals surface area contributed by atoms with E-state index in [0.717, 1.165) is 11.3 Å². The third-order valence-corrected chi connectivity index (χ3v) is 5.42. The van der Waals surface area contributed by atoms with Gasteiger partial charge in [0.1, 0.15) is 11.5 Å². The van der Waals surface area contributed by atoms with Gasteiger partial charge in [-0.2, -0.15) is 0 Å². The number of hydrogen-bond acceptors (Lipinski definition) is 6. The van der Waals surface area contributed by atoms with Crippen LogP contribution in [0.4, 0.5) is 5.69 Å². The molecule has 0 spiro atoms. The lowest BCUT2D eigenvalue weighted by Gasteiger charge is -2.27. The topological polar surface area (TPSA) is 73.3 Å². The highest BCUT2D eigenvalue weighted by atomic mass is 16.5. The van der Waals surface area contributed by atoms with Crippen LogP contribution in [0.2, 0.25) is 0 Å². The summed E-state index contributed by atoms with van der Waals surface area (Å²) >= 11 is 0. The number of ether oxygens (including phenoxy) is 1. The van der Waals surface area contributed by atoms with E-state index in [9.17, 15) is 14.7 Å². The van der Waals surface area contributed by atoms with E-state index < -0.39 is 17.7 Å². The molecule has 1 saturated heterocycles. The van der Waals surface area contributed by atoms with Gasteiger partial charge in [-0.05, 0) is 56.1 Å². The predicted molar refractivity (Wildman–Crippen MR) is 121 cm³/mol. The summed E-state index contributed by atoms with van der Waals surface area (Å²) in [6.45, 7) is 0.971. The van der Waals surface area contributed by atoms with Gasteiger partial charge >= 0.3 is 0 Å². The Morgan fingerprint density at radius 3 is 2.13 bits per heavy atom. The van der Waals surface area contributed by atoms with Gasteiger partial charge in [-0.1, -0.05) is 12.1 Å². The van der Waals surface area contributed by atoms with Crippen LogP contribution in [0, 0.1) is 0 Å². The molecule has 0 bridgehead atoms. The van der Waals surface area contributed by atoms with E-state index in [4.69, 9.17) is 4.74 Å². The number of carbonyl (C=O) groups is 2. The normalized spacial score (nSPS) is 18.0. The van der Waals surface area contributed by atoms with Crippen LogP contribution in [0.1, 0.15) is 17.2 Å². The molecule has 1 aliphatic rings. The highest BCUT2D eigenvalue weighted by molar-refractivity contribution is 6.46. The lowest BCUT2D eigenvalue weighted by molar-refractivity contribution is -0.140. The van der Waals surface area contributed by atoms with Crippen LogP contribution in [-0.2, 0) is 9.59 Å². The Balaban J connectivity index is 2.11. The van der Waals surface area contributed by atoms with Crippen molar-refractivity contribution in [2.24, 2.45) is 0 Å². The van der Waals surface area contributed by atoms with Crippen LogP contribution in [0.5, 0.6) is 5.75 Å². The van der Waals surface area contributed by atoms with Crippen LogP contribution >= 0.6 is 0 Å². The van der Waals surface area contributed by atoms with Crippen molar-refractivity contribution in [3.05, 3.63) is 65.2 Å². The summed E-state index contributed by atoms with van der Waals surface area (Å²) in [5.41, 5.74) is 2.34. The maximum Gasteiger partial charge on any atom is 0.295 e. The van der Waals surface area contributed by atoms with E-state index in [1.807, 2.05) is 62.3 Å². The molecule has 164 valence electrons. The van der Waals surface area contributed by atoms with E-state index in [1.54, 1.807) is 36.3 Å². The molecule has 0 aromatic heterocycles. The van der Waals surface area contributed by atoms with E-state index in [-0.39, 0.29) is 11.3 Å². The number of methoxy groups -OCH3 is 1. The number of Topliss-reactive ketones (excluding diaryl/α,β-unsaturated/α-hetero) is 1. The van der Waals surface area contributed by atoms with Crippen molar-refractivity contribution in [3.8, 4) is 5.75 Å². The number of aliphatic hydroxyl groups is 1. The van der Waals surface area contributed by atoms with E-state index in [0.29, 0.717) is 24.4 Å². The smallest absolute Gasteiger partial charge is 0.295 e. The van der Waals surface area contributed by atoms with Crippen molar-refractivity contribution < 1.29 is 19.4 Å². The molecule has 1 amide bonds. The third kappa shape index (κ3) is 4.56. The average Bonchev–Trinajstić information content (AvgIpc) is 3.02. The number of likely N-dealkylation sites (N-methyl/N-ethyl adjacent to an activating group) is 1. The van der Waals surface area contributed by atoms with Gasteiger partial charge in [0.05, 0.1) is 18.7 Å². The zero-order chi connectivity index (χ0) is 22.7. The summed E-state index contributed by atoms with van der Waals surface area (Å²) in [5, 5.41) is 11.1. The first kappa shape index (κ1) is 22.4. The molecule has 1 heterocycles. The number of benzene rings is 2. The maximum absolute atomic E-state index is 13.0. The van der Waals surface area contributed by atoms with E-state index in [2.05, 4.69) is 0 Å². The van der Waals surface area contributed by atoms with Crippen molar-refractivity contribution in [1.82, 2.24) is 9.80 Å². The van der Waals surface area contributed by atoms with Crippen molar-refractivity contribution in [1.29, 1.82) is 0 Å². The fraction of sp³-hybridized carbons (Fsp3) is 0.333. The fourth-order valence-electron chi connectivity index (χ4n) is 3.62. The second-order valence-corrected chi connectivity index (χ2v) is 8.01. The summed E-state index contributed by atoms with van der Waals surface area (Å²) in [4.78, 5) is 31.4. The number of aliphatic hydroxyl groups excluding tert-OH is 1. The van der Waals surface area contributed by atoms with Crippen molar-refractivity contribution in [3.63, 3.8) is 0 Å². The molecule has 1 atom stereocenters. The van der Waals surface area contributed by atoms with Gasteiger partial charge < -0.3 is 24.5 Å². The molecule has 3 rings (SSSR count). The van der Waals surface area contributed by atoms with Gasteiger partial charge in [-0.3, -0.25) is 9.59 Å². The lowest BCUT2D eigenvalue weighted by atomic mass is 9.95. The minimum atomic E-state index is -0.672. The average molecular weight is 424 g/mol. The van der Waals surface area contributed by atoms with Gasteiger partial charge in [0.15, 0.2) is 0 Å². The first-order chi connectivity index (χ1) is 14.7. The SMILES string of the molecule is COc1ccc(C(O)=C2C(=O)C(=O)N(CCN(C)C)[C@H]2c2ccc(N(C)C)cc2)cc1. The van der Waals surface area contributed by atoms with Crippen LogP contribution in [0.15, 0.2) is 54.1 Å². The number of likely N-dealkylation sites (tertiary alicyclic amines) is 1. The van der Waals surface area contributed by atoms with Gasteiger partial charge in [0.25, 0.3) is 11.7 Å². The number of nitrogens with zero attached hydrogens (tertiary/aromatic N) is 3. The molecular formula is C24H29N3O4. The molecule has 7 heteroatoms. The van der Waals surface area contributed by atoms with Crippen LogP contribution in [0.25, 0.3) is 5.76 Å². The molecule has 31 heavy (non-hydrogen) atoms. The maximum atomic E-state index is 13.0. The molecule has 2 aromatic rings. The number of anilines is 1. The number of ketones is 1. The summed E-state index contributed by atoms with van der Waals surface area (Å²) in [5.74, 6) is -0.818. The monoisotopic (exact) mass is 423 g/mol. The van der Waals surface area contributed by atoms with Crippen LogP contribution in [0.3, 0.4) is 0 Å². The quantitative estimate of drug-likeness (QED) is 0.419. The minimum absolute atomic E-state index is 0.103. The zero-order valence-corrected chi connectivity index (χ0v) is 18.6. The predicted octanol–water partition coefficient (Wildman–Crippen LogP) is 2.74. The molecule has 1 fully saturated rings. The number of carbonyl (C=O) groups excluding carboxylic acids is 2. The Morgan fingerprint density at radius 2 is 1.61 bits per heavy atom. The van der Waals surface area contributed by atoms with Crippen molar-refractivity contribution >= 4 is 23.1 Å². The van der Waals surface area contributed by atoms with Gasteiger partial charge in [-0.15, -0.1) is 0 Å². The molecule has 0 radical (unpaired) electrons. The Hall–Kier alpha value is -3.32. The van der Waals surface area contributed by atoms with Crippen LogP contribution in [-0.4, -0.2) is 75.0 Å². The second kappa shape index (κ2) is 9.22. The Kier molecular flexibility index (Phi) is 6.65. The Labute approximate surface area is 183 Å². The summed E-state index contributed by atoms with van der Waals surface area (Å²) in [7, 11) is 9.27. The van der Waals surface area contributed by atoms with Crippen molar-refractivity contribution in [2.45, 2.75) is 6.04 Å². The molecule has 1 N–H and O–H groups in total. The number of amides is 1. The first-order valence-electron chi connectivity index (χ1n) is 10.1. The summed E-state index contributed by atoms with van der Waals surface area (Å²) in [6.07, 6.45) is 0. The minimum Gasteiger partial charge on any atom is -0.507 e. The van der Waals surface area contributed by atoms with E-state index >= 15 is 0 Å². The molecular weight excluding hydrogens is 394 g/mol. The van der Waals surface area contributed by atoms with Gasteiger partial charge in [-0.25, -0.2) is 0 Å². The van der Waals surface area contributed by atoms with Crippen LogP contribution < -0.4 is 9.64 Å². The Bertz CT molecular complexity index is 979. The molecule has 7 nitrogen and oxygen atoms in total. The Morgan fingerprint density at radius 1 is 1.00 bits per heavy atom. The number of rotatable bonds is 7. The van der Waals surface area contributed by atoms with Gasteiger partial charge in [0, 0.05) is 38.4 Å².